The highest BCUT2D eigenvalue weighted by atomic mass is 16.5. The Morgan fingerprint density at radius 3 is 2.02 bits per heavy atom. The van der Waals surface area contributed by atoms with E-state index in [-0.39, 0.29) is 81.4 Å². The van der Waals surface area contributed by atoms with Crippen LogP contribution in [0.15, 0.2) is 18.2 Å². The molecule has 1 aromatic rings. The molecule has 0 bridgehead atoms. The number of urea groups is 1. The molecular weight excluding hydrogens is 650 g/mol. The lowest BCUT2D eigenvalue weighted by Gasteiger charge is -2.21. The number of anilines is 1. The molecule has 9 N–H and O–H groups in total. The lowest BCUT2D eigenvalue weighted by molar-refractivity contribution is -0.148. The van der Waals surface area contributed by atoms with Gasteiger partial charge in [0.2, 0.25) is 17.7 Å². The van der Waals surface area contributed by atoms with Crippen LogP contribution >= 0.6 is 0 Å². The van der Waals surface area contributed by atoms with Crippen molar-refractivity contribution in [2.45, 2.75) is 80.4 Å². The zero-order chi connectivity index (χ0) is 38.2. The van der Waals surface area contributed by atoms with Crippen molar-refractivity contribution in [1.29, 1.82) is 0 Å². The highest BCUT2D eigenvalue weighted by Gasteiger charge is 2.24. The van der Waals surface area contributed by atoms with E-state index in [1.807, 2.05) is 20.8 Å². The summed E-state index contributed by atoms with van der Waals surface area (Å²) in [6.07, 6.45) is 1.22. The molecule has 0 fully saturated rings. The van der Waals surface area contributed by atoms with E-state index in [0.29, 0.717) is 17.8 Å². The number of nitrogens with one attached hydrogen (secondary N) is 5. The smallest absolute Gasteiger partial charge is 0.312 e. The van der Waals surface area contributed by atoms with Crippen LogP contribution in [-0.2, 0) is 40.1 Å². The van der Waals surface area contributed by atoms with Crippen molar-refractivity contribution >= 4 is 47.1 Å². The second kappa shape index (κ2) is 25.4. The average molecular weight is 708 g/mol. The molecule has 6 amide bonds. The Kier molecular flexibility index (Phi) is 23.1. The first kappa shape index (κ1) is 45.4. The van der Waals surface area contributed by atoms with Gasteiger partial charge in [0.25, 0.3) is 5.91 Å². The maximum absolute atomic E-state index is 12.8. The van der Waals surface area contributed by atoms with Crippen LogP contribution < -0.4 is 38.1 Å². The number of ketones is 1. The molecule has 50 heavy (non-hydrogen) atoms. The van der Waals surface area contributed by atoms with Gasteiger partial charge in [-0.15, -0.1) is 0 Å². The number of carbonyl (C=O) groups is 7. The van der Waals surface area contributed by atoms with Gasteiger partial charge in [0, 0.05) is 55.2 Å². The van der Waals surface area contributed by atoms with Gasteiger partial charge in [0.15, 0.2) is 0 Å². The SMILES string of the molecule is CC(C)C(=O)CCOCCC(=O)NC(C(=O)NCC(=O)Nc1ccc(COC(=O)C(C)C)c(C(=O)NCCN)c1)C(C)C.CCCNC(N)=O. The number of Topliss-reactive ketones (excluding diaryl/α,β-unsaturated/α-hetero) is 1. The number of amides is 6. The van der Waals surface area contributed by atoms with Crippen LogP contribution in [0.3, 0.4) is 0 Å². The summed E-state index contributed by atoms with van der Waals surface area (Å²) in [4.78, 5) is 83.8. The molecule has 0 spiro atoms. The minimum Gasteiger partial charge on any atom is -0.461 e. The van der Waals surface area contributed by atoms with Crippen LogP contribution in [0.4, 0.5) is 10.5 Å². The molecule has 0 radical (unpaired) electrons. The lowest BCUT2D eigenvalue weighted by atomic mass is 10.0. The molecule has 1 unspecified atom stereocenters. The van der Waals surface area contributed by atoms with Crippen molar-refractivity contribution in [2.24, 2.45) is 29.2 Å². The van der Waals surface area contributed by atoms with Gasteiger partial charge in [0.05, 0.1) is 25.7 Å². The summed E-state index contributed by atoms with van der Waals surface area (Å²) < 4.78 is 10.6. The predicted molar refractivity (Wildman–Crippen MR) is 189 cm³/mol. The minimum absolute atomic E-state index is 0.0146. The second-order valence-corrected chi connectivity index (χ2v) is 12.3. The first-order valence-electron chi connectivity index (χ1n) is 16.8. The number of rotatable bonds is 21. The Morgan fingerprint density at radius 2 is 1.48 bits per heavy atom. The molecule has 1 aromatic carbocycles. The topological polar surface area (TPSA) is 250 Å². The number of nitrogens with two attached hydrogens (primary N) is 2. The molecule has 0 heterocycles. The number of hydrogen-bond donors (Lipinski definition) is 7. The predicted octanol–water partition coefficient (Wildman–Crippen LogP) is 1.36. The minimum atomic E-state index is -0.881. The molecule has 282 valence electrons. The summed E-state index contributed by atoms with van der Waals surface area (Å²) in [5.74, 6) is -2.94. The molecule has 0 saturated heterocycles. The van der Waals surface area contributed by atoms with Gasteiger partial charge in [-0.3, -0.25) is 28.8 Å². The van der Waals surface area contributed by atoms with Gasteiger partial charge in [0.1, 0.15) is 18.4 Å². The van der Waals surface area contributed by atoms with E-state index >= 15 is 0 Å². The zero-order valence-corrected chi connectivity index (χ0v) is 30.4. The number of ether oxygens (including phenoxy) is 2. The number of primary amides is 1. The molecule has 16 heteroatoms. The van der Waals surface area contributed by atoms with Gasteiger partial charge >= 0.3 is 12.0 Å². The molecule has 0 aliphatic carbocycles. The van der Waals surface area contributed by atoms with E-state index in [1.165, 1.54) is 6.07 Å². The van der Waals surface area contributed by atoms with E-state index in [0.717, 1.165) is 6.42 Å². The number of esters is 1. The van der Waals surface area contributed by atoms with E-state index in [9.17, 15) is 33.6 Å². The van der Waals surface area contributed by atoms with Gasteiger partial charge in [-0.1, -0.05) is 54.5 Å². The Morgan fingerprint density at radius 1 is 0.820 bits per heavy atom. The average Bonchev–Trinajstić information content (AvgIpc) is 3.06. The van der Waals surface area contributed by atoms with Crippen molar-refractivity contribution in [3.63, 3.8) is 0 Å². The zero-order valence-electron chi connectivity index (χ0n) is 30.4. The molecule has 0 aromatic heterocycles. The van der Waals surface area contributed by atoms with Gasteiger partial charge < -0.3 is 47.5 Å². The van der Waals surface area contributed by atoms with Crippen molar-refractivity contribution in [3.8, 4) is 0 Å². The largest absolute Gasteiger partial charge is 0.461 e. The molecule has 16 nitrogen and oxygen atoms in total. The molecule has 0 aliphatic heterocycles. The van der Waals surface area contributed by atoms with Crippen molar-refractivity contribution in [3.05, 3.63) is 29.3 Å². The van der Waals surface area contributed by atoms with Crippen LogP contribution in [0, 0.1) is 17.8 Å². The molecule has 0 saturated carbocycles. The third-order valence-electron chi connectivity index (χ3n) is 6.76. The summed E-state index contributed by atoms with van der Waals surface area (Å²) in [5, 5.41) is 12.9. The summed E-state index contributed by atoms with van der Waals surface area (Å²) in [7, 11) is 0. The number of benzene rings is 1. The third-order valence-corrected chi connectivity index (χ3v) is 6.76. The molecule has 1 rings (SSSR count). The van der Waals surface area contributed by atoms with Crippen molar-refractivity contribution in [2.75, 3.05) is 44.7 Å². The van der Waals surface area contributed by atoms with Crippen molar-refractivity contribution < 1.29 is 43.0 Å². The Hall–Kier alpha value is -4.57. The maximum atomic E-state index is 12.8. The van der Waals surface area contributed by atoms with E-state index in [1.54, 1.807) is 39.8 Å². The first-order valence-corrected chi connectivity index (χ1v) is 16.8. The Labute approximate surface area is 294 Å². The van der Waals surface area contributed by atoms with Crippen LogP contribution in [0.1, 0.15) is 83.7 Å². The highest BCUT2D eigenvalue weighted by Crippen LogP contribution is 2.18. The summed E-state index contributed by atoms with van der Waals surface area (Å²) >= 11 is 0. The standard InChI is InChI=1S/C30H47N5O8.C4H10N2O/c1-18(2)24(36)9-13-42-14-10-25(37)35-27(19(3)4)29(40)33-16-26(38)34-22-8-7-21(17-43-30(41)20(5)6)23(15-22)28(39)32-12-11-31;1-2-3-6-4(5)7/h7-8,15,18-20,27H,9-14,16-17,31H2,1-6H3,(H,32,39)(H,33,40)(H,34,38)(H,35,37);2-3H2,1H3,(H3,5,6,7). The summed E-state index contributed by atoms with van der Waals surface area (Å²) in [6, 6.07) is 3.24. The van der Waals surface area contributed by atoms with Gasteiger partial charge in [-0.2, -0.15) is 0 Å². The summed E-state index contributed by atoms with van der Waals surface area (Å²) in [5.41, 5.74) is 11.1. The van der Waals surface area contributed by atoms with E-state index in [2.05, 4.69) is 26.6 Å². The summed E-state index contributed by atoms with van der Waals surface area (Å²) in [6.45, 7) is 13.5. The van der Waals surface area contributed by atoms with Crippen LogP contribution in [0.2, 0.25) is 0 Å². The fourth-order valence-corrected chi connectivity index (χ4v) is 3.83. The fourth-order valence-electron chi connectivity index (χ4n) is 3.83. The first-order chi connectivity index (χ1) is 23.5. The lowest BCUT2D eigenvalue weighted by Crippen LogP contribution is -2.51. The Balaban J connectivity index is 0.00000308. The normalized spacial score (nSPS) is 11.2. The maximum Gasteiger partial charge on any atom is 0.312 e. The number of hydrogen-bond acceptors (Lipinski definition) is 10. The monoisotopic (exact) mass is 707 g/mol. The Bertz CT molecular complexity index is 1270. The quantitative estimate of drug-likeness (QED) is 0.0714. The highest BCUT2D eigenvalue weighted by molar-refractivity contribution is 5.99. The van der Waals surface area contributed by atoms with E-state index in [4.69, 9.17) is 20.9 Å². The second-order valence-electron chi connectivity index (χ2n) is 12.3. The third kappa shape index (κ3) is 20.1. The van der Waals surface area contributed by atoms with Crippen LogP contribution in [0.25, 0.3) is 0 Å². The van der Waals surface area contributed by atoms with Gasteiger partial charge in [-0.05, 0) is 24.5 Å². The molecule has 0 aliphatic rings. The fraction of sp³-hybridized carbons (Fsp3) is 0.618. The molecule has 1 atom stereocenters. The number of carbonyl (C=O) groups excluding carboxylic acids is 7. The van der Waals surface area contributed by atoms with Crippen LogP contribution in [-0.4, -0.2) is 86.8 Å². The van der Waals surface area contributed by atoms with E-state index < -0.39 is 41.7 Å². The van der Waals surface area contributed by atoms with Crippen LogP contribution in [0.5, 0.6) is 0 Å². The van der Waals surface area contributed by atoms with Gasteiger partial charge in [-0.25, -0.2) is 4.79 Å². The molecular formula is C34H57N7O9. The van der Waals surface area contributed by atoms with Crippen molar-refractivity contribution in [1.82, 2.24) is 21.3 Å².